The van der Waals surface area contributed by atoms with Gasteiger partial charge in [0.25, 0.3) is 6.71 Å². The van der Waals surface area contributed by atoms with E-state index in [-0.39, 0.29) is 39.2 Å². The summed E-state index contributed by atoms with van der Waals surface area (Å²) in [6, 6.07) is 34.6. The van der Waals surface area contributed by atoms with Gasteiger partial charge in [0.2, 0.25) is 0 Å². The maximum atomic E-state index is 2.69. The van der Waals surface area contributed by atoms with Crippen LogP contribution in [0.3, 0.4) is 0 Å². The van der Waals surface area contributed by atoms with E-state index in [1.165, 1.54) is 112 Å². The normalized spacial score (nSPS) is 17.0. The molecule has 4 heteroatoms. The number of hydrogen-bond acceptors (Lipinski definition) is 3. The number of thiophene rings is 1. The molecular formula is C57H69BN2S. The minimum absolute atomic E-state index is 0.0149. The molecule has 1 aliphatic carbocycles. The summed E-state index contributed by atoms with van der Waals surface area (Å²) >= 11 is 2.03. The van der Waals surface area contributed by atoms with Gasteiger partial charge in [-0.05, 0) is 151 Å². The Morgan fingerprint density at radius 3 is 1.56 bits per heavy atom. The summed E-state index contributed by atoms with van der Waals surface area (Å²) in [5, 5.41) is 1.35. The van der Waals surface area contributed by atoms with E-state index in [0.29, 0.717) is 0 Å². The number of nitrogens with zero attached hydrogens (tertiary/aromatic N) is 2. The van der Waals surface area contributed by atoms with Gasteiger partial charge in [-0.1, -0.05) is 147 Å². The van der Waals surface area contributed by atoms with Crippen LogP contribution >= 0.6 is 11.3 Å². The van der Waals surface area contributed by atoms with Crippen molar-refractivity contribution in [3.8, 4) is 0 Å². The van der Waals surface area contributed by atoms with E-state index in [1.807, 2.05) is 11.3 Å². The van der Waals surface area contributed by atoms with Crippen LogP contribution in [0.25, 0.3) is 10.1 Å². The van der Waals surface area contributed by atoms with Crippen LogP contribution in [0, 0.1) is 6.92 Å². The fourth-order valence-corrected chi connectivity index (χ4v) is 11.8. The molecule has 3 aliphatic rings. The lowest BCUT2D eigenvalue weighted by molar-refractivity contribution is 0.332. The van der Waals surface area contributed by atoms with Crippen molar-refractivity contribution in [3.05, 3.63) is 124 Å². The highest BCUT2D eigenvalue weighted by Crippen LogP contribution is 2.52. The van der Waals surface area contributed by atoms with Crippen molar-refractivity contribution >= 4 is 78.0 Å². The Morgan fingerprint density at radius 1 is 0.508 bits per heavy atom. The van der Waals surface area contributed by atoms with Crippen molar-refractivity contribution in [2.45, 2.75) is 163 Å². The summed E-state index contributed by atoms with van der Waals surface area (Å²) in [5.74, 6) is 0. The van der Waals surface area contributed by atoms with E-state index in [1.54, 1.807) is 0 Å². The minimum atomic E-state index is -0.0149. The second kappa shape index (κ2) is 13.4. The van der Waals surface area contributed by atoms with Gasteiger partial charge in [-0.3, -0.25) is 0 Å². The van der Waals surface area contributed by atoms with Crippen LogP contribution in [0.5, 0.6) is 0 Å². The van der Waals surface area contributed by atoms with Crippen LogP contribution < -0.4 is 25.5 Å². The van der Waals surface area contributed by atoms with Gasteiger partial charge in [-0.2, -0.15) is 0 Å². The van der Waals surface area contributed by atoms with E-state index in [4.69, 9.17) is 0 Å². The SMILES string of the molecule is Cc1cc2c3c(c1)N(c1ccc(C(C)(C)C)cc1)c1c(sc4cc(C(C)(C)C)ccc14)B3c1cc3c(cc1N2c1cc(C(C)(C)C)cc(C(C)(C)C)c1)C(C)(C)CCC3(C)C. The molecule has 5 aromatic carbocycles. The van der Waals surface area contributed by atoms with Crippen LogP contribution in [0.15, 0.2) is 84.9 Å². The Bertz CT molecular complexity index is 2720. The average molecular weight is 825 g/mol. The third-order valence-corrected chi connectivity index (χ3v) is 15.8. The van der Waals surface area contributed by atoms with Crippen molar-refractivity contribution in [1.82, 2.24) is 0 Å². The highest BCUT2D eigenvalue weighted by atomic mass is 32.1. The molecule has 2 aliphatic heterocycles. The van der Waals surface area contributed by atoms with Gasteiger partial charge in [0.05, 0.1) is 5.69 Å². The molecule has 0 saturated heterocycles. The smallest absolute Gasteiger partial charge is 0.264 e. The number of rotatable bonds is 2. The predicted molar refractivity (Wildman–Crippen MR) is 271 cm³/mol. The first-order valence-corrected chi connectivity index (χ1v) is 23.7. The van der Waals surface area contributed by atoms with Gasteiger partial charge in [0, 0.05) is 43.3 Å². The molecule has 0 fully saturated rings. The molecule has 0 saturated carbocycles. The Morgan fingerprint density at radius 2 is 1.02 bits per heavy atom. The van der Waals surface area contributed by atoms with Crippen molar-refractivity contribution in [2.24, 2.45) is 0 Å². The topological polar surface area (TPSA) is 6.48 Å². The zero-order valence-corrected chi connectivity index (χ0v) is 41.2. The molecule has 1 aromatic heterocycles. The fourth-order valence-electron chi connectivity index (χ4n) is 10.4. The number of hydrogen-bond donors (Lipinski definition) is 0. The van der Waals surface area contributed by atoms with Crippen molar-refractivity contribution in [2.75, 3.05) is 9.80 Å². The number of anilines is 6. The molecule has 9 rings (SSSR count). The van der Waals surface area contributed by atoms with Gasteiger partial charge < -0.3 is 9.80 Å². The molecule has 316 valence electrons. The summed E-state index contributed by atoms with van der Waals surface area (Å²) in [4.78, 5) is 5.33. The number of aryl methyl sites for hydroxylation is 1. The minimum Gasteiger partial charge on any atom is -0.311 e. The molecule has 0 amide bonds. The Balaban J connectivity index is 1.44. The molecule has 0 N–H and O–H groups in total. The molecule has 0 bridgehead atoms. The van der Waals surface area contributed by atoms with Crippen LogP contribution in [0.1, 0.15) is 163 Å². The molecule has 6 aromatic rings. The molecular weight excluding hydrogens is 756 g/mol. The molecule has 61 heavy (non-hydrogen) atoms. The van der Waals surface area contributed by atoms with Gasteiger partial charge in [-0.15, -0.1) is 11.3 Å². The lowest BCUT2D eigenvalue weighted by atomic mass is 9.35. The molecule has 0 atom stereocenters. The van der Waals surface area contributed by atoms with Crippen molar-refractivity contribution < 1.29 is 0 Å². The van der Waals surface area contributed by atoms with E-state index in [0.717, 1.165) is 0 Å². The van der Waals surface area contributed by atoms with Crippen molar-refractivity contribution in [1.29, 1.82) is 0 Å². The summed E-state index contributed by atoms with van der Waals surface area (Å²) < 4.78 is 2.82. The van der Waals surface area contributed by atoms with Gasteiger partial charge in [0.15, 0.2) is 0 Å². The van der Waals surface area contributed by atoms with Gasteiger partial charge in [0.1, 0.15) is 0 Å². The lowest BCUT2D eigenvalue weighted by Crippen LogP contribution is -2.61. The third kappa shape index (κ3) is 6.81. The van der Waals surface area contributed by atoms with E-state index < -0.39 is 0 Å². The maximum Gasteiger partial charge on any atom is 0.264 e. The Hall–Kier alpha value is -4.28. The zero-order valence-electron chi connectivity index (χ0n) is 40.4. The van der Waals surface area contributed by atoms with Crippen LogP contribution in [-0.4, -0.2) is 6.71 Å². The standard InChI is InChI=1S/C57H69BN2S/c1-34-26-46-49-47(27-34)60(39-21-18-35(19-22-39)52(2,3)4)50-41-23-20-36(53(5,6)7)31-48(41)61-51(50)58(49)44-32-42-43(57(16,17)25-24-56(42,14)15)33-45(44)59(46)40-29-37(54(8,9)10)28-38(30-40)55(11,12)13/h18-23,26-33H,24-25H2,1-17H3. The Labute approximate surface area is 372 Å². The summed E-state index contributed by atoms with van der Waals surface area (Å²) in [7, 11) is 0. The first-order chi connectivity index (χ1) is 28.1. The highest BCUT2D eigenvalue weighted by molar-refractivity contribution is 7.33. The third-order valence-electron chi connectivity index (χ3n) is 14.5. The van der Waals surface area contributed by atoms with E-state index >= 15 is 0 Å². The summed E-state index contributed by atoms with van der Waals surface area (Å²) in [5.41, 5.74) is 20.7. The van der Waals surface area contributed by atoms with Crippen LogP contribution in [-0.2, 0) is 32.5 Å². The van der Waals surface area contributed by atoms with Gasteiger partial charge >= 0.3 is 0 Å². The summed E-state index contributed by atoms with van der Waals surface area (Å²) in [6.45, 7) is 40.5. The quantitative estimate of drug-likeness (QED) is 0.160. The van der Waals surface area contributed by atoms with Crippen LogP contribution in [0.4, 0.5) is 34.1 Å². The monoisotopic (exact) mass is 825 g/mol. The van der Waals surface area contributed by atoms with Gasteiger partial charge in [-0.25, -0.2) is 0 Å². The van der Waals surface area contributed by atoms with Crippen molar-refractivity contribution in [3.63, 3.8) is 0 Å². The molecule has 0 radical (unpaired) electrons. The first kappa shape index (κ1) is 42.0. The summed E-state index contributed by atoms with van der Waals surface area (Å²) in [6.07, 6.45) is 2.37. The lowest BCUT2D eigenvalue weighted by Gasteiger charge is -2.47. The fraction of sp³-hybridized carbons (Fsp3) is 0.439. The van der Waals surface area contributed by atoms with E-state index in [9.17, 15) is 0 Å². The number of fused-ring (bicyclic) bond motifs is 7. The van der Waals surface area contributed by atoms with E-state index in [2.05, 4.69) is 212 Å². The second-order valence-electron chi connectivity index (χ2n) is 24.4. The average Bonchev–Trinajstić information content (AvgIpc) is 3.53. The van der Waals surface area contributed by atoms with Crippen LogP contribution in [0.2, 0.25) is 0 Å². The zero-order chi connectivity index (χ0) is 44.1. The first-order valence-electron chi connectivity index (χ1n) is 22.9. The molecule has 2 nitrogen and oxygen atoms in total. The maximum absolute atomic E-state index is 2.69. The second-order valence-corrected chi connectivity index (χ2v) is 25.5. The molecule has 0 spiro atoms. The Kier molecular flexibility index (Phi) is 9.22. The molecule has 0 unspecified atom stereocenters. The largest absolute Gasteiger partial charge is 0.311 e. The predicted octanol–water partition coefficient (Wildman–Crippen LogP) is 14.8. The highest BCUT2D eigenvalue weighted by Gasteiger charge is 2.48. The molecule has 3 heterocycles. The number of benzene rings is 5.